The summed E-state index contributed by atoms with van der Waals surface area (Å²) in [5.41, 5.74) is 3.05. The third-order valence-electron chi connectivity index (χ3n) is 4.65. The number of hydrogen-bond donors (Lipinski definition) is 2. The summed E-state index contributed by atoms with van der Waals surface area (Å²) in [5.74, 6) is 1.04. The van der Waals surface area contributed by atoms with E-state index in [4.69, 9.17) is 9.47 Å². The molecule has 0 aliphatic carbocycles. The number of rotatable bonds is 8. The van der Waals surface area contributed by atoms with Crippen LogP contribution in [0, 0.1) is 0 Å². The van der Waals surface area contributed by atoms with Crippen molar-refractivity contribution in [3.8, 4) is 11.5 Å². The maximum absolute atomic E-state index is 12.5. The molecule has 0 heterocycles. The molecular formula is C25H26N2O4. The highest BCUT2D eigenvalue weighted by Crippen LogP contribution is 2.20. The summed E-state index contributed by atoms with van der Waals surface area (Å²) in [4.78, 5) is 24.6. The van der Waals surface area contributed by atoms with Crippen LogP contribution in [0.15, 0.2) is 72.8 Å². The molecule has 0 atom stereocenters. The zero-order valence-electron chi connectivity index (χ0n) is 17.8. The molecule has 3 aromatic carbocycles. The molecule has 0 aromatic heterocycles. The van der Waals surface area contributed by atoms with Gasteiger partial charge in [-0.15, -0.1) is 0 Å². The maximum Gasteiger partial charge on any atom is 0.262 e. The molecule has 0 aliphatic rings. The van der Waals surface area contributed by atoms with Gasteiger partial charge in [-0.3, -0.25) is 9.59 Å². The Kier molecular flexibility index (Phi) is 7.27. The fourth-order valence-electron chi connectivity index (χ4n) is 2.93. The number of ether oxygens (including phenoxy) is 2. The highest BCUT2D eigenvalue weighted by Gasteiger charge is 2.09. The van der Waals surface area contributed by atoms with E-state index in [2.05, 4.69) is 24.5 Å². The molecule has 0 unspecified atom stereocenters. The molecule has 0 aliphatic heterocycles. The highest BCUT2D eigenvalue weighted by molar-refractivity contribution is 6.04. The number of hydrogen-bond acceptors (Lipinski definition) is 4. The largest absolute Gasteiger partial charge is 0.497 e. The van der Waals surface area contributed by atoms with E-state index in [9.17, 15) is 9.59 Å². The van der Waals surface area contributed by atoms with Gasteiger partial charge >= 0.3 is 0 Å². The van der Waals surface area contributed by atoms with Crippen molar-refractivity contribution in [1.29, 1.82) is 0 Å². The third kappa shape index (κ3) is 6.34. The van der Waals surface area contributed by atoms with Crippen molar-refractivity contribution < 1.29 is 19.1 Å². The first-order valence-electron chi connectivity index (χ1n) is 10.0. The Bertz CT molecular complexity index is 1050. The SMILES string of the molecule is COc1cccc(NC(=O)COc2ccc(C(=O)Nc3cccc(C(C)C)c3)cc2)c1. The van der Waals surface area contributed by atoms with Gasteiger partial charge in [0.25, 0.3) is 11.8 Å². The van der Waals surface area contributed by atoms with E-state index in [0.29, 0.717) is 28.7 Å². The minimum Gasteiger partial charge on any atom is -0.497 e. The molecule has 2 N–H and O–H groups in total. The van der Waals surface area contributed by atoms with Crippen LogP contribution in [0.2, 0.25) is 0 Å². The first-order valence-corrected chi connectivity index (χ1v) is 10.0. The smallest absolute Gasteiger partial charge is 0.262 e. The van der Waals surface area contributed by atoms with Crippen LogP contribution in [0.5, 0.6) is 11.5 Å². The molecule has 3 aromatic rings. The molecule has 0 spiro atoms. The van der Waals surface area contributed by atoms with Crippen LogP contribution in [0.4, 0.5) is 11.4 Å². The Morgan fingerprint density at radius 2 is 1.52 bits per heavy atom. The van der Waals surface area contributed by atoms with Crippen molar-refractivity contribution in [1.82, 2.24) is 0 Å². The van der Waals surface area contributed by atoms with Gasteiger partial charge in [-0.2, -0.15) is 0 Å². The van der Waals surface area contributed by atoms with Crippen molar-refractivity contribution in [3.63, 3.8) is 0 Å². The fraction of sp³-hybridized carbons (Fsp3) is 0.200. The molecule has 6 nitrogen and oxygen atoms in total. The van der Waals surface area contributed by atoms with Crippen LogP contribution < -0.4 is 20.1 Å². The standard InChI is InChI=1S/C25H26N2O4/c1-17(2)19-6-4-7-20(14-19)27-25(29)18-10-12-22(13-11-18)31-16-24(28)26-21-8-5-9-23(15-21)30-3/h4-15,17H,16H2,1-3H3,(H,26,28)(H,27,29). The van der Waals surface area contributed by atoms with Crippen LogP contribution >= 0.6 is 0 Å². The summed E-state index contributed by atoms with van der Waals surface area (Å²) in [6.45, 7) is 4.07. The van der Waals surface area contributed by atoms with Crippen LogP contribution in [0.25, 0.3) is 0 Å². The number of carbonyl (C=O) groups is 2. The molecule has 0 fully saturated rings. The fourth-order valence-corrected chi connectivity index (χ4v) is 2.93. The zero-order valence-corrected chi connectivity index (χ0v) is 17.8. The zero-order chi connectivity index (χ0) is 22.2. The van der Waals surface area contributed by atoms with E-state index in [1.54, 1.807) is 55.6 Å². The second-order valence-corrected chi connectivity index (χ2v) is 7.33. The molecule has 0 saturated heterocycles. The van der Waals surface area contributed by atoms with Gasteiger partial charge in [0.15, 0.2) is 6.61 Å². The number of carbonyl (C=O) groups excluding carboxylic acids is 2. The van der Waals surface area contributed by atoms with Gasteiger partial charge < -0.3 is 20.1 Å². The van der Waals surface area contributed by atoms with E-state index in [0.717, 1.165) is 11.3 Å². The van der Waals surface area contributed by atoms with Crippen LogP contribution in [-0.4, -0.2) is 25.5 Å². The summed E-state index contributed by atoms with van der Waals surface area (Å²) in [6.07, 6.45) is 0. The Labute approximate surface area is 182 Å². The average molecular weight is 418 g/mol. The van der Waals surface area contributed by atoms with Gasteiger partial charge in [-0.25, -0.2) is 0 Å². The lowest BCUT2D eigenvalue weighted by Crippen LogP contribution is -2.20. The quantitative estimate of drug-likeness (QED) is 0.534. The van der Waals surface area contributed by atoms with Gasteiger partial charge in [0, 0.05) is 23.0 Å². The maximum atomic E-state index is 12.5. The second kappa shape index (κ2) is 10.3. The number of amides is 2. The molecule has 3 rings (SSSR count). The lowest BCUT2D eigenvalue weighted by molar-refractivity contribution is -0.118. The topological polar surface area (TPSA) is 76.7 Å². The van der Waals surface area contributed by atoms with Crippen LogP contribution in [-0.2, 0) is 4.79 Å². The normalized spacial score (nSPS) is 10.5. The lowest BCUT2D eigenvalue weighted by Gasteiger charge is -2.11. The highest BCUT2D eigenvalue weighted by atomic mass is 16.5. The first-order chi connectivity index (χ1) is 14.9. The molecule has 160 valence electrons. The minimum absolute atomic E-state index is 0.148. The lowest BCUT2D eigenvalue weighted by atomic mass is 10.0. The second-order valence-electron chi connectivity index (χ2n) is 7.33. The Morgan fingerprint density at radius 3 is 2.19 bits per heavy atom. The van der Waals surface area contributed by atoms with Crippen molar-refractivity contribution in [2.75, 3.05) is 24.4 Å². The van der Waals surface area contributed by atoms with Gasteiger partial charge in [0.1, 0.15) is 11.5 Å². The number of methoxy groups -OCH3 is 1. The minimum atomic E-state index is -0.292. The molecule has 0 bridgehead atoms. The molecule has 6 heteroatoms. The number of benzene rings is 3. The molecular weight excluding hydrogens is 392 g/mol. The molecule has 31 heavy (non-hydrogen) atoms. The summed E-state index contributed by atoms with van der Waals surface area (Å²) in [7, 11) is 1.57. The van der Waals surface area contributed by atoms with Gasteiger partial charge in [-0.05, 0) is 60.0 Å². The van der Waals surface area contributed by atoms with E-state index in [-0.39, 0.29) is 18.4 Å². The summed E-state index contributed by atoms with van der Waals surface area (Å²) < 4.78 is 10.7. The third-order valence-corrected chi connectivity index (χ3v) is 4.65. The summed E-state index contributed by atoms with van der Waals surface area (Å²) in [5, 5.41) is 5.65. The predicted molar refractivity (Wildman–Crippen MR) is 122 cm³/mol. The molecule has 0 saturated carbocycles. The summed E-state index contributed by atoms with van der Waals surface area (Å²) in [6, 6.07) is 21.5. The number of anilines is 2. The van der Waals surface area contributed by atoms with Gasteiger partial charge in [-0.1, -0.05) is 32.0 Å². The van der Waals surface area contributed by atoms with E-state index < -0.39 is 0 Å². The Hall–Kier alpha value is -3.80. The van der Waals surface area contributed by atoms with Crippen LogP contribution in [0.3, 0.4) is 0 Å². The van der Waals surface area contributed by atoms with Crippen LogP contribution in [0.1, 0.15) is 35.7 Å². The monoisotopic (exact) mass is 418 g/mol. The van der Waals surface area contributed by atoms with Crippen molar-refractivity contribution in [2.24, 2.45) is 0 Å². The summed E-state index contributed by atoms with van der Waals surface area (Å²) >= 11 is 0. The van der Waals surface area contributed by atoms with E-state index in [1.807, 2.05) is 24.3 Å². The Morgan fingerprint density at radius 1 is 0.839 bits per heavy atom. The molecule has 0 radical (unpaired) electrons. The number of nitrogens with one attached hydrogen (secondary N) is 2. The predicted octanol–water partition coefficient (Wildman–Crippen LogP) is 5.09. The average Bonchev–Trinajstić information content (AvgIpc) is 2.78. The van der Waals surface area contributed by atoms with Gasteiger partial charge in [0.05, 0.1) is 7.11 Å². The Balaban J connectivity index is 1.53. The van der Waals surface area contributed by atoms with Gasteiger partial charge in [0.2, 0.25) is 0 Å². The van der Waals surface area contributed by atoms with Crippen molar-refractivity contribution in [3.05, 3.63) is 83.9 Å². The van der Waals surface area contributed by atoms with Crippen molar-refractivity contribution in [2.45, 2.75) is 19.8 Å². The molecule has 2 amide bonds. The van der Waals surface area contributed by atoms with Crippen molar-refractivity contribution >= 4 is 23.2 Å². The van der Waals surface area contributed by atoms with E-state index in [1.165, 1.54) is 0 Å². The van der Waals surface area contributed by atoms with E-state index >= 15 is 0 Å². The first kappa shape index (κ1) is 21.9.